The van der Waals surface area contributed by atoms with Gasteiger partial charge >= 0.3 is 0 Å². The third-order valence-corrected chi connectivity index (χ3v) is 11.0. The van der Waals surface area contributed by atoms with Gasteiger partial charge in [-0.15, -0.1) is 0 Å². The van der Waals surface area contributed by atoms with E-state index in [1.165, 1.54) is 11.1 Å². The molecule has 0 aromatic carbocycles. The molecule has 0 saturated heterocycles. The summed E-state index contributed by atoms with van der Waals surface area (Å²) in [5, 5.41) is 45.5. The molecule has 4 heteroatoms. The Morgan fingerprint density at radius 1 is 1.09 bits per heavy atom. The molecular weight excluding hydrogens is 412 g/mol. The highest BCUT2D eigenvalue weighted by Crippen LogP contribution is 2.70. The molecule has 33 heavy (non-hydrogen) atoms. The summed E-state index contributed by atoms with van der Waals surface area (Å²) in [6, 6.07) is 0. The maximum atomic E-state index is 11.7. The van der Waals surface area contributed by atoms with E-state index in [0.717, 1.165) is 32.1 Å². The van der Waals surface area contributed by atoms with Gasteiger partial charge in [0.2, 0.25) is 0 Å². The van der Waals surface area contributed by atoms with Crippen LogP contribution in [-0.4, -0.2) is 44.3 Å². The molecule has 0 aromatic rings. The Balaban J connectivity index is 1.69. The molecule has 0 aromatic heterocycles. The third kappa shape index (κ3) is 3.70. The van der Waals surface area contributed by atoms with Crippen molar-refractivity contribution in [2.45, 2.75) is 117 Å². The molecule has 4 N–H and O–H groups in total. The second-order valence-electron chi connectivity index (χ2n) is 13.5. The van der Waals surface area contributed by atoms with Crippen molar-refractivity contribution in [3.8, 4) is 0 Å². The maximum absolute atomic E-state index is 11.7. The Labute approximate surface area is 201 Å². The van der Waals surface area contributed by atoms with E-state index < -0.39 is 23.9 Å². The molecule has 0 radical (unpaired) electrons. The molecule has 188 valence electrons. The first-order chi connectivity index (χ1) is 15.2. The van der Waals surface area contributed by atoms with Gasteiger partial charge in [0.25, 0.3) is 0 Å². The molecule has 0 heterocycles. The fraction of sp³-hybridized carbons (Fsp3) is 0.862. The van der Waals surface area contributed by atoms with Crippen LogP contribution in [0.2, 0.25) is 0 Å². The Morgan fingerprint density at radius 2 is 1.76 bits per heavy atom. The molecule has 3 fully saturated rings. The van der Waals surface area contributed by atoms with E-state index in [-0.39, 0.29) is 39.9 Å². The Kier molecular flexibility index (Phi) is 6.30. The first-order valence-corrected chi connectivity index (χ1v) is 13.3. The molecule has 4 rings (SSSR count). The predicted octanol–water partition coefficient (Wildman–Crippen LogP) is 5.00. The van der Waals surface area contributed by atoms with E-state index in [0.29, 0.717) is 12.8 Å². The van der Waals surface area contributed by atoms with Gasteiger partial charge in [-0.3, -0.25) is 0 Å². The zero-order valence-electron chi connectivity index (χ0n) is 21.9. The number of hydrogen-bond donors (Lipinski definition) is 4. The fourth-order valence-corrected chi connectivity index (χ4v) is 9.09. The second kappa shape index (κ2) is 8.18. The van der Waals surface area contributed by atoms with Crippen molar-refractivity contribution >= 4 is 0 Å². The topological polar surface area (TPSA) is 80.9 Å². The Hall–Kier alpha value is -0.680. The largest absolute Gasteiger partial charge is 0.393 e. The van der Waals surface area contributed by atoms with Crippen LogP contribution in [0.25, 0.3) is 0 Å². The van der Waals surface area contributed by atoms with Gasteiger partial charge in [0, 0.05) is 10.8 Å². The summed E-state index contributed by atoms with van der Waals surface area (Å²) < 4.78 is 0. The van der Waals surface area contributed by atoms with E-state index in [4.69, 9.17) is 0 Å². The second-order valence-corrected chi connectivity index (χ2v) is 13.5. The number of fused-ring (bicyclic) bond motifs is 5. The number of aliphatic hydroxyl groups excluding tert-OH is 3. The summed E-state index contributed by atoms with van der Waals surface area (Å²) in [4.78, 5) is 0. The summed E-state index contributed by atoms with van der Waals surface area (Å²) in [5.41, 5.74) is 0.793. The number of allylic oxidation sites excluding steroid dienone is 2. The van der Waals surface area contributed by atoms with E-state index in [1.54, 1.807) is 0 Å². The van der Waals surface area contributed by atoms with Gasteiger partial charge in [0.1, 0.15) is 0 Å². The molecule has 3 saturated carbocycles. The molecule has 10 atom stereocenters. The van der Waals surface area contributed by atoms with E-state index in [9.17, 15) is 20.4 Å². The standard InChI is InChI=1S/C29H48O4/c1-17(2)9-8-13-28(6,33)18-10-11-19-25(18)20(30)15-22-27(5)14-12-23(31)26(3,4)21(27)16-24(32)29(19,22)7/h9,16,18-20,22-25,30-33H,8,10-15H2,1-7H3. The first kappa shape index (κ1) is 25.4. The van der Waals surface area contributed by atoms with Crippen LogP contribution in [0.3, 0.4) is 0 Å². The van der Waals surface area contributed by atoms with Crippen LogP contribution in [0, 0.1) is 39.9 Å². The Bertz CT molecular complexity index is 821. The summed E-state index contributed by atoms with van der Waals surface area (Å²) >= 11 is 0. The molecule has 0 spiro atoms. The molecule has 4 nitrogen and oxygen atoms in total. The normalized spacial score (nSPS) is 48.1. The van der Waals surface area contributed by atoms with Crippen LogP contribution in [-0.2, 0) is 0 Å². The SMILES string of the molecule is CC(C)=CCCC(C)(O)C1CCC2C1C(O)CC1C3(C)CCC(O)C(C)(C)C3=CC(O)C21C. The monoisotopic (exact) mass is 460 g/mol. The molecular formula is C29H48O4. The first-order valence-electron chi connectivity index (χ1n) is 13.3. The zero-order chi connectivity index (χ0) is 24.6. The molecule has 4 aliphatic carbocycles. The lowest BCUT2D eigenvalue weighted by atomic mass is 9.40. The zero-order valence-corrected chi connectivity index (χ0v) is 21.9. The highest BCUT2D eigenvalue weighted by atomic mass is 16.3. The summed E-state index contributed by atoms with van der Waals surface area (Å²) in [7, 11) is 0. The average molecular weight is 461 g/mol. The van der Waals surface area contributed by atoms with Crippen LogP contribution < -0.4 is 0 Å². The van der Waals surface area contributed by atoms with Crippen LogP contribution in [0.15, 0.2) is 23.3 Å². The lowest BCUT2D eigenvalue weighted by molar-refractivity contribution is -0.184. The van der Waals surface area contributed by atoms with Crippen LogP contribution in [0.4, 0.5) is 0 Å². The highest BCUT2D eigenvalue weighted by molar-refractivity contribution is 5.35. The van der Waals surface area contributed by atoms with Crippen LogP contribution in [0.1, 0.15) is 93.4 Å². The minimum absolute atomic E-state index is 0.0170. The van der Waals surface area contributed by atoms with E-state index >= 15 is 0 Å². The van der Waals surface area contributed by atoms with Gasteiger partial charge in [-0.1, -0.05) is 51.0 Å². The lowest BCUT2D eigenvalue weighted by Gasteiger charge is -2.65. The van der Waals surface area contributed by atoms with E-state index in [1.807, 2.05) is 6.92 Å². The van der Waals surface area contributed by atoms with Crippen molar-refractivity contribution in [1.29, 1.82) is 0 Å². The smallest absolute Gasteiger partial charge is 0.0783 e. The Morgan fingerprint density at radius 3 is 2.39 bits per heavy atom. The van der Waals surface area contributed by atoms with Gasteiger partial charge in [-0.05, 0) is 94.8 Å². The van der Waals surface area contributed by atoms with Gasteiger partial charge in [0.05, 0.1) is 23.9 Å². The van der Waals surface area contributed by atoms with Crippen molar-refractivity contribution in [2.75, 3.05) is 0 Å². The van der Waals surface area contributed by atoms with Crippen molar-refractivity contribution in [2.24, 2.45) is 39.9 Å². The predicted molar refractivity (Wildman–Crippen MR) is 132 cm³/mol. The number of hydrogen-bond acceptors (Lipinski definition) is 4. The molecule has 0 aliphatic heterocycles. The van der Waals surface area contributed by atoms with E-state index in [2.05, 4.69) is 53.7 Å². The van der Waals surface area contributed by atoms with Crippen molar-refractivity contribution in [1.82, 2.24) is 0 Å². The van der Waals surface area contributed by atoms with Crippen LogP contribution in [0.5, 0.6) is 0 Å². The van der Waals surface area contributed by atoms with Gasteiger partial charge in [-0.2, -0.15) is 0 Å². The summed E-state index contributed by atoms with van der Waals surface area (Å²) in [6.07, 6.45) is 8.52. The minimum Gasteiger partial charge on any atom is -0.393 e. The van der Waals surface area contributed by atoms with Gasteiger partial charge < -0.3 is 20.4 Å². The molecule has 0 bridgehead atoms. The average Bonchev–Trinajstić information content (AvgIpc) is 3.17. The minimum atomic E-state index is -0.822. The van der Waals surface area contributed by atoms with Gasteiger partial charge in [-0.25, -0.2) is 0 Å². The third-order valence-electron chi connectivity index (χ3n) is 11.0. The molecule has 10 unspecified atom stereocenters. The number of rotatable bonds is 4. The van der Waals surface area contributed by atoms with Crippen molar-refractivity contribution in [3.05, 3.63) is 23.3 Å². The van der Waals surface area contributed by atoms with Crippen molar-refractivity contribution < 1.29 is 20.4 Å². The molecule has 0 amide bonds. The summed E-state index contributed by atoms with van der Waals surface area (Å²) in [5.74, 6) is 0.419. The quantitative estimate of drug-likeness (QED) is 0.445. The fourth-order valence-electron chi connectivity index (χ4n) is 9.09. The lowest BCUT2D eigenvalue weighted by Crippen LogP contribution is -2.64. The highest BCUT2D eigenvalue weighted by Gasteiger charge is 2.67. The maximum Gasteiger partial charge on any atom is 0.0783 e. The summed E-state index contributed by atoms with van der Waals surface area (Å²) in [6.45, 7) is 14.9. The number of aliphatic hydroxyl groups is 4. The molecule has 4 aliphatic rings. The van der Waals surface area contributed by atoms with Crippen LogP contribution >= 0.6 is 0 Å². The van der Waals surface area contributed by atoms with Crippen molar-refractivity contribution in [3.63, 3.8) is 0 Å². The van der Waals surface area contributed by atoms with Gasteiger partial charge in [0.15, 0.2) is 0 Å².